The molecule has 6 atom stereocenters. The fraction of sp³-hybridized carbons (Fsp3) is 0.650. The molecule has 2 saturated heterocycles. The van der Waals surface area contributed by atoms with Gasteiger partial charge in [-0.3, -0.25) is 4.90 Å². The van der Waals surface area contributed by atoms with Gasteiger partial charge in [-0.1, -0.05) is 30.3 Å². The lowest BCUT2D eigenvalue weighted by Gasteiger charge is -2.44. The Bertz CT molecular complexity index is 646. The number of hydrogen-bond donors (Lipinski definition) is 2. The summed E-state index contributed by atoms with van der Waals surface area (Å²) in [6.07, 6.45) is -3.56. The molecule has 0 aliphatic carbocycles. The number of carbonyl (C=O) groups excluding carboxylic acids is 1. The summed E-state index contributed by atoms with van der Waals surface area (Å²) in [7, 11) is 0. The monoisotopic (exact) mass is 379 g/mol. The first kappa shape index (κ1) is 20.1. The molecule has 1 aromatic rings. The highest BCUT2D eigenvalue weighted by molar-refractivity contribution is 5.71. The van der Waals surface area contributed by atoms with Crippen LogP contribution in [0.4, 0.5) is 4.79 Å². The Morgan fingerprint density at radius 1 is 1.26 bits per heavy atom. The van der Waals surface area contributed by atoms with Crippen LogP contribution in [0, 0.1) is 0 Å². The summed E-state index contributed by atoms with van der Waals surface area (Å²) >= 11 is 0. The number of ether oxygens (including phenoxy) is 3. The number of hydrogen-bond acceptors (Lipinski definition) is 6. The highest BCUT2D eigenvalue weighted by atomic mass is 16.6. The number of carbonyl (C=O) groups is 1. The molecule has 0 spiro atoms. The first-order valence-electron chi connectivity index (χ1n) is 9.37. The third-order valence-corrected chi connectivity index (χ3v) is 4.97. The van der Waals surface area contributed by atoms with Crippen LogP contribution in [-0.4, -0.2) is 64.0 Å². The van der Waals surface area contributed by atoms with Crippen molar-refractivity contribution in [1.29, 1.82) is 0 Å². The van der Waals surface area contributed by atoms with Gasteiger partial charge in [0.05, 0.1) is 24.4 Å². The average molecular weight is 379 g/mol. The predicted molar refractivity (Wildman–Crippen MR) is 98.0 cm³/mol. The Morgan fingerprint density at radius 2 is 1.93 bits per heavy atom. The minimum atomic E-state index is -0.968. The van der Waals surface area contributed by atoms with E-state index in [4.69, 9.17) is 14.2 Å². The van der Waals surface area contributed by atoms with Crippen molar-refractivity contribution < 1.29 is 29.2 Å². The molecule has 2 aliphatic heterocycles. The van der Waals surface area contributed by atoms with Gasteiger partial charge < -0.3 is 24.4 Å². The molecule has 0 radical (unpaired) electrons. The van der Waals surface area contributed by atoms with Crippen LogP contribution in [-0.2, 0) is 14.2 Å². The molecule has 0 aromatic heterocycles. The molecule has 150 valence electrons. The summed E-state index contributed by atoms with van der Waals surface area (Å²) in [6.45, 7) is 7.24. The molecule has 2 heterocycles. The SMILES string of the molecule is C[C@@H]1[C@H](c2ccccc2)OC(=O)N1[C@H]1C[C@@H](OC(C)(C)C)[C@H](O)[C@@H](CO)O1. The van der Waals surface area contributed by atoms with Crippen molar-refractivity contribution in [2.45, 2.75) is 76.4 Å². The molecule has 0 bridgehead atoms. The number of aliphatic hydroxyl groups is 2. The molecule has 2 fully saturated rings. The second-order valence-electron chi connectivity index (χ2n) is 8.17. The fourth-order valence-corrected chi connectivity index (χ4v) is 3.77. The predicted octanol–water partition coefficient (Wildman–Crippen LogP) is 2.22. The second kappa shape index (κ2) is 7.75. The van der Waals surface area contributed by atoms with E-state index in [2.05, 4.69) is 0 Å². The van der Waals surface area contributed by atoms with Crippen molar-refractivity contribution in [1.82, 2.24) is 4.90 Å². The lowest BCUT2D eigenvalue weighted by Crippen LogP contribution is -2.58. The van der Waals surface area contributed by atoms with E-state index < -0.39 is 42.3 Å². The van der Waals surface area contributed by atoms with Crippen molar-refractivity contribution in [3.05, 3.63) is 35.9 Å². The number of rotatable bonds is 4. The Balaban J connectivity index is 1.80. The topological polar surface area (TPSA) is 88.5 Å². The number of nitrogens with zero attached hydrogens (tertiary/aromatic N) is 1. The molecule has 0 saturated carbocycles. The van der Waals surface area contributed by atoms with Gasteiger partial charge in [-0.2, -0.15) is 0 Å². The zero-order chi connectivity index (χ0) is 19.8. The van der Waals surface area contributed by atoms with E-state index in [1.165, 1.54) is 0 Å². The number of benzene rings is 1. The molecule has 27 heavy (non-hydrogen) atoms. The van der Waals surface area contributed by atoms with E-state index in [9.17, 15) is 15.0 Å². The van der Waals surface area contributed by atoms with E-state index in [1.54, 1.807) is 4.90 Å². The Hall–Kier alpha value is -1.67. The molecule has 1 aromatic carbocycles. The van der Waals surface area contributed by atoms with Crippen LogP contribution in [0.5, 0.6) is 0 Å². The largest absolute Gasteiger partial charge is 0.439 e. The van der Waals surface area contributed by atoms with E-state index in [1.807, 2.05) is 58.0 Å². The Labute approximate surface area is 159 Å². The summed E-state index contributed by atoms with van der Waals surface area (Å²) in [5, 5.41) is 20.1. The average Bonchev–Trinajstić information content (AvgIpc) is 2.91. The van der Waals surface area contributed by atoms with Gasteiger partial charge in [-0.25, -0.2) is 4.79 Å². The zero-order valence-corrected chi connectivity index (χ0v) is 16.2. The molecule has 7 nitrogen and oxygen atoms in total. The van der Waals surface area contributed by atoms with Gasteiger partial charge in [-0.05, 0) is 33.3 Å². The van der Waals surface area contributed by atoms with Crippen LogP contribution >= 0.6 is 0 Å². The molecule has 3 rings (SSSR count). The Morgan fingerprint density at radius 3 is 2.52 bits per heavy atom. The smallest absolute Gasteiger partial charge is 0.412 e. The summed E-state index contributed by atoms with van der Waals surface area (Å²) in [5.41, 5.74) is 0.440. The maximum Gasteiger partial charge on any atom is 0.412 e. The van der Waals surface area contributed by atoms with Crippen LogP contribution < -0.4 is 0 Å². The molecule has 7 heteroatoms. The molecule has 0 unspecified atom stereocenters. The summed E-state index contributed by atoms with van der Waals surface area (Å²) in [6, 6.07) is 9.31. The van der Waals surface area contributed by atoms with Crippen LogP contribution in [0.15, 0.2) is 30.3 Å². The van der Waals surface area contributed by atoms with Crippen LogP contribution in [0.3, 0.4) is 0 Å². The minimum absolute atomic E-state index is 0.255. The highest BCUT2D eigenvalue weighted by Crippen LogP contribution is 2.37. The van der Waals surface area contributed by atoms with Crippen LogP contribution in [0.2, 0.25) is 0 Å². The first-order chi connectivity index (χ1) is 12.7. The van der Waals surface area contributed by atoms with Gasteiger partial charge in [0.1, 0.15) is 24.5 Å². The van der Waals surface area contributed by atoms with Gasteiger partial charge in [0.2, 0.25) is 0 Å². The lowest BCUT2D eigenvalue weighted by molar-refractivity contribution is -0.239. The van der Waals surface area contributed by atoms with Crippen molar-refractivity contribution in [3.8, 4) is 0 Å². The first-order valence-corrected chi connectivity index (χ1v) is 9.37. The van der Waals surface area contributed by atoms with Gasteiger partial charge in [0.15, 0.2) is 0 Å². The van der Waals surface area contributed by atoms with E-state index in [0.717, 1.165) is 5.56 Å². The van der Waals surface area contributed by atoms with Gasteiger partial charge in [0, 0.05) is 6.42 Å². The van der Waals surface area contributed by atoms with E-state index in [0.29, 0.717) is 6.42 Å². The summed E-state index contributed by atoms with van der Waals surface area (Å²) < 4.78 is 17.4. The minimum Gasteiger partial charge on any atom is -0.439 e. The molecular weight excluding hydrogens is 350 g/mol. The van der Waals surface area contributed by atoms with Crippen molar-refractivity contribution in [2.24, 2.45) is 0 Å². The maximum absolute atomic E-state index is 12.6. The van der Waals surface area contributed by atoms with E-state index in [-0.39, 0.29) is 12.6 Å². The standard InChI is InChI=1S/C20H29NO6/c1-12-18(13-8-6-5-7-9-13)26-19(24)21(12)16-10-14(27-20(2,3)4)17(23)15(11-22)25-16/h5-9,12,14-18,22-23H,10-11H2,1-4H3/t12-,14-,15-,16-,17+,18-/m1/s1. The van der Waals surface area contributed by atoms with E-state index >= 15 is 0 Å². The molecule has 2 N–H and O–H groups in total. The van der Waals surface area contributed by atoms with Crippen LogP contribution in [0.1, 0.15) is 45.8 Å². The van der Waals surface area contributed by atoms with Gasteiger partial charge in [0.25, 0.3) is 0 Å². The summed E-state index contributed by atoms with van der Waals surface area (Å²) in [4.78, 5) is 14.1. The number of cyclic esters (lactones) is 1. The zero-order valence-electron chi connectivity index (χ0n) is 16.2. The van der Waals surface area contributed by atoms with Crippen molar-refractivity contribution in [3.63, 3.8) is 0 Å². The van der Waals surface area contributed by atoms with Gasteiger partial charge >= 0.3 is 6.09 Å². The number of aliphatic hydroxyl groups excluding tert-OH is 2. The van der Waals surface area contributed by atoms with Crippen LogP contribution in [0.25, 0.3) is 0 Å². The highest BCUT2D eigenvalue weighted by Gasteiger charge is 2.49. The second-order valence-corrected chi connectivity index (χ2v) is 8.17. The lowest BCUT2D eigenvalue weighted by atomic mass is 9.97. The third-order valence-electron chi connectivity index (χ3n) is 4.97. The number of amides is 1. The normalized spacial score (nSPS) is 34.6. The third kappa shape index (κ3) is 4.27. The van der Waals surface area contributed by atoms with Crippen molar-refractivity contribution >= 4 is 6.09 Å². The Kier molecular flexibility index (Phi) is 5.76. The molecular formula is C20H29NO6. The molecule has 1 amide bonds. The summed E-state index contributed by atoms with van der Waals surface area (Å²) in [5.74, 6) is 0. The maximum atomic E-state index is 12.6. The van der Waals surface area contributed by atoms with Gasteiger partial charge in [-0.15, -0.1) is 0 Å². The van der Waals surface area contributed by atoms with Crippen molar-refractivity contribution in [2.75, 3.05) is 6.61 Å². The molecule has 2 aliphatic rings. The quantitative estimate of drug-likeness (QED) is 0.834. The fourth-order valence-electron chi connectivity index (χ4n) is 3.77.